The molecule has 0 aromatic carbocycles. The van der Waals surface area contributed by atoms with Gasteiger partial charge >= 0.3 is 0 Å². The molecule has 0 spiro atoms. The van der Waals surface area contributed by atoms with Crippen LogP contribution in [0.4, 0.5) is 0 Å². The number of rotatable bonds is 3. The van der Waals surface area contributed by atoms with Crippen LogP contribution in [0.3, 0.4) is 0 Å². The lowest BCUT2D eigenvalue weighted by Crippen LogP contribution is -2.56. The molecule has 3 heteroatoms. The SMILES string of the molecule is Cc1cnccc1CN1CC(C(C)C)NCC1C. The van der Waals surface area contributed by atoms with E-state index >= 15 is 0 Å². The van der Waals surface area contributed by atoms with Crippen LogP contribution in [0.1, 0.15) is 31.9 Å². The molecule has 2 atom stereocenters. The van der Waals surface area contributed by atoms with Gasteiger partial charge in [0.1, 0.15) is 0 Å². The molecule has 0 amide bonds. The zero-order chi connectivity index (χ0) is 13.1. The molecule has 2 rings (SSSR count). The first-order valence-corrected chi connectivity index (χ1v) is 6.95. The van der Waals surface area contributed by atoms with Crippen LogP contribution in [0, 0.1) is 12.8 Å². The highest BCUT2D eigenvalue weighted by molar-refractivity contribution is 5.21. The van der Waals surface area contributed by atoms with E-state index in [1.807, 2.05) is 12.4 Å². The number of hydrogen-bond acceptors (Lipinski definition) is 3. The first kappa shape index (κ1) is 13.5. The van der Waals surface area contributed by atoms with Crippen molar-refractivity contribution in [3.05, 3.63) is 29.6 Å². The zero-order valence-electron chi connectivity index (χ0n) is 12.0. The van der Waals surface area contributed by atoms with E-state index in [-0.39, 0.29) is 0 Å². The van der Waals surface area contributed by atoms with E-state index in [9.17, 15) is 0 Å². The molecule has 0 aliphatic carbocycles. The van der Waals surface area contributed by atoms with Crippen LogP contribution in [0.15, 0.2) is 18.5 Å². The normalized spacial score (nSPS) is 25.6. The average molecular weight is 247 g/mol. The van der Waals surface area contributed by atoms with Gasteiger partial charge in [-0.3, -0.25) is 9.88 Å². The first-order chi connectivity index (χ1) is 8.58. The summed E-state index contributed by atoms with van der Waals surface area (Å²) in [5, 5.41) is 3.64. The number of aromatic nitrogens is 1. The fourth-order valence-electron chi connectivity index (χ4n) is 2.51. The Morgan fingerprint density at radius 1 is 1.50 bits per heavy atom. The quantitative estimate of drug-likeness (QED) is 0.887. The second kappa shape index (κ2) is 5.81. The van der Waals surface area contributed by atoms with E-state index in [0.717, 1.165) is 19.6 Å². The molecular formula is C15H25N3. The molecule has 3 nitrogen and oxygen atoms in total. The summed E-state index contributed by atoms with van der Waals surface area (Å²) in [4.78, 5) is 6.76. The summed E-state index contributed by atoms with van der Waals surface area (Å²) in [7, 11) is 0. The van der Waals surface area contributed by atoms with Gasteiger partial charge in [0.05, 0.1) is 0 Å². The number of nitrogens with one attached hydrogen (secondary N) is 1. The van der Waals surface area contributed by atoms with Crippen molar-refractivity contribution < 1.29 is 0 Å². The second-order valence-electron chi connectivity index (χ2n) is 5.84. The Bertz CT molecular complexity index is 389. The van der Waals surface area contributed by atoms with Crippen LogP contribution in [0.25, 0.3) is 0 Å². The number of piperazine rings is 1. The van der Waals surface area contributed by atoms with E-state index in [1.54, 1.807) is 0 Å². The fraction of sp³-hybridized carbons (Fsp3) is 0.667. The van der Waals surface area contributed by atoms with Gasteiger partial charge in [-0.25, -0.2) is 0 Å². The predicted molar refractivity (Wildman–Crippen MR) is 75.5 cm³/mol. The fourth-order valence-corrected chi connectivity index (χ4v) is 2.51. The minimum Gasteiger partial charge on any atom is -0.311 e. The summed E-state index contributed by atoms with van der Waals surface area (Å²) >= 11 is 0. The molecule has 1 aromatic rings. The number of aryl methyl sites for hydroxylation is 1. The van der Waals surface area contributed by atoms with E-state index in [2.05, 4.69) is 49.0 Å². The molecule has 1 N–H and O–H groups in total. The van der Waals surface area contributed by atoms with Gasteiger partial charge in [0, 0.05) is 44.1 Å². The summed E-state index contributed by atoms with van der Waals surface area (Å²) in [6, 6.07) is 3.37. The van der Waals surface area contributed by atoms with Crippen molar-refractivity contribution >= 4 is 0 Å². The maximum absolute atomic E-state index is 4.17. The molecule has 1 saturated heterocycles. The highest BCUT2D eigenvalue weighted by Gasteiger charge is 2.26. The minimum atomic E-state index is 0.604. The first-order valence-electron chi connectivity index (χ1n) is 6.95. The lowest BCUT2D eigenvalue weighted by Gasteiger charge is -2.40. The van der Waals surface area contributed by atoms with Gasteiger partial charge < -0.3 is 5.32 Å². The maximum Gasteiger partial charge on any atom is 0.0300 e. The molecule has 1 aromatic heterocycles. The summed E-state index contributed by atoms with van der Waals surface area (Å²) in [6.07, 6.45) is 3.86. The van der Waals surface area contributed by atoms with Crippen molar-refractivity contribution in [2.75, 3.05) is 13.1 Å². The minimum absolute atomic E-state index is 0.604. The maximum atomic E-state index is 4.17. The average Bonchev–Trinajstić information content (AvgIpc) is 2.34. The Balaban J connectivity index is 2.05. The van der Waals surface area contributed by atoms with Crippen LogP contribution in [0.5, 0.6) is 0 Å². The zero-order valence-corrected chi connectivity index (χ0v) is 12.0. The summed E-state index contributed by atoms with van der Waals surface area (Å²) in [5.74, 6) is 0.693. The third-order valence-electron chi connectivity index (χ3n) is 4.04. The van der Waals surface area contributed by atoms with Crippen LogP contribution in [-0.4, -0.2) is 35.1 Å². The van der Waals surface area contributed by atoms with E-state index in [0.29, 0.717) is 18.0 Å². The van der Waals surface area contributed by atoms with E-state index in [1.165, 1.54) is 11.1 Å². The molecule has 1 aliphatic heterocycles. The molecule has 2 heterocycles. The Labute approximate surface area is 111 Å². The highest BCUT2D eigenvalue weighted by Crippen LogP contribution is 2.17. The molecule has 0 radical (unpaired) electrons. The van der Waals surface area contributed by atoms with Crippen LogP contribution >= 0.6 is 0 Å². The van der Waals surface area contributed by atoms with Crippen LogP contribution < -0.4 is 5.32 Å². The number of hydrogen-bond donors (Lipinski definition) is 1. The molecule has 18 heavy (non-hydrogen) atoms. The van der Waals surface area contributed by atoms with Crippen LogP contribution in [-0.2, 0) is 6.54 Å². The topological polar surface area (TPSA) is 28.2 Å². The Morgan fingerprint density at radius 2 is 2.28 bits per heavy atom. The largest absolute Gasteiger partial charge is 0.311 e. The summed E-state index contributed by atoms with van der Waals surface area (Å²) < 4.78 is 0. The lowest BCUT2D eigenvalue weighted by atomic mass is 9.99. The summed E-state index contributed by atoms with van der Waals surface area (Å²) in [5.41, 5.74) is 2.70. The predicted octanol–water partition coefficient (Wildman–Crippen LogP) is 2.21. The van der Waals surface area contributed by atoms with Gasteiger partial charge in [-0.2, -0.15) is 0 Å². The Hall–Kier alpha value is -0.930. The Kier molecular flexibility index (Phi) is 4.36. The van der Waals surface area contributed by atoms with Gasteiger partial charge in [-0.05, 0) is 37.0 Å². The molecule has 2 unspecified atom stereocenters. The monoisotopic (exact) mass is 247 g/mol. The second-order valence-corrected chi connectivity index (χ2v) is 5.84. The van der Waals surface area contributed by atoms with Gasteiger partial charge in [0.15, 0.2) is 0 Å². The molecule has 1 fully saturated rings. The van der Waals surface area contributed by atoms with Gasteiger partial charge in [0.25, 0.3) is 0 Å². The van der Waals surface area contributed by atoms with E-state index in [4.69, 9.17) is 0 Å². The van der Waals surface area contributed by atoms with Crippen molar-refractivity contribution in [3.8, 4) is 0 Å². The van der Waals surface area contributed by atoms with Crippen molar-refractivity contribution in [3.63, 3.8) is 0 Å². The molecule has 0 saturated carbocycles. The van der Waals surface area contributed by atoms with E-state index < -0.39 is 0 Å². The standard InChI is InChI=1S/C15H25N3/c1-11(2)15-10-18(13(4)8-17-15)9-14-5-6-16-7-12(14)3/h5-7,11,13,15,17H,8-10H2,1-4H3. The van der Waals surface area contributed by atoms with Gasteiger partial charge in [0.2, 0.25) is 0 Å². The number of pyridine rings is 1. The van der Waals surface area contributed by atoms with Crippen LogP contribution in [0.2, 0.25) is 0 Å². The molecule has 1 aliphatic rings. The number of nitrogens with zero attached hydrogens (tertiary/aromatic N) is 2. The highest BCUT2D eigenvalue weighted by atomic mass is 15.2. The van der Waals surface area contributed by atoms with Crippen molar-refractivity contribution in [1.29, 1.82) is 0 Å². The van der Waals surface area contributed by atoms with Crippen molar-refractivity contribution in [2.45, 2.75) is 46.3 Å². The van der Waals surface area contributed by atoms with Crippen molar-refractivity contribution in [1.82, 2.24) is 15.2 Å². The molecular weight excluding hydrogens is 222 g/mol. The molecule has 0 bridgehead atoms. The third-order valence-corrected chi connectivity index (χ3v) is 4.04. The smallest absolute Gasteiger partial charge is 0.0300 e. The lowest BCUT2D eigenvalue weighted by molar-refractivity contribution is 0.116. The third kappa shape index (κ3) is 3.09. The van der Waals surface area contributed by atoms with Gasteiger partial charge in [-0.1, -0.05) is 13.8 Å². The van der Waals surface area contributed by atoms with Gasteiger partial charge in [-0.15, -0.1) is 0 Å². The Morgan fingerprint density at radius 3 is 2.94 bits per heavy atom. The molecule has 100 valence electrons. The summed E-state index contributed by atoms with van der Waals surface area (Å²) in [6.45, 7) is 12.3. The van der Waals surface area contributed by atoms with Crippen molar-refractivity contribution in [2.24, 2.45) is 5.92 Å².